The van der Waals surface area contributed by atoms with Crippen LogP contribution in [0.5, 0.6) is 0 Å². The zero-order chi connectivity index (χ0) is 7.07. The van der Waals surface area contributed by atoms with E-state index in [4.69, 9.17) is 0 Å². The molecule has 1 heteroatoms. The minimum Gasteiger partial charge on any atom is -0.299 e. The molecule has 0 N–H and O–H groups in total. The van der Waals surface area contributed by atoms with E-state index in [1.807, 2.05) is 0 Å². The molecule has 52 valence electrons. The molecule has 1 saturated carbocycles. The zero-order valence-corrected chi connectivity index (χ0v) is 6.40. The van der Waals surface area contributed by atoms with E-state index >= 15 is 0 Å². The lowest BCUT2D eigenvalue weighted by atomic mass is 9.96. The van der Waals surface area contributed by atoms with Crippen LogP contribution in [0.25, 0.3) is 0 Å². The molecule has 0 saturated heterocycles. The summed E-state index contributed by atoms with van der Waals surface area (Å²) in [6.45, 7) is 5.98. The summed E-state index contributed by atoms with van der Waals surface area (Å²) in [6, 6.07) is 0. The van der Waals surface area contributed by atoms with Gasteiger partial charge in [0.2, 0.25) is 0 Å². The molecule has 0 amide bonds. The van der Waals surface area contributed by atoms with E-state index in [-0.39, 0.29) is 5.41 Å². The van der Waals surface area contributed by atoms with Crippen LogP contribution in [0.3, 0.4) is 0 Å². The third-order valence-electron chi connectivity index (χ3n) is 2.79. The van der Waals surface area contributed by atoms with Crippen LogP contribution in [-0.2, 0) is 4.79 Å². The normalized spacial score (nSPS) is 40.6. The van der Waals surface area contributed by atoms with E-state index in [1.165, 1.54) is 0 Å². The molecule has 0 aromatic carbocycles. The number of carbonyl (C=O) groups is 1. The van der Waals surface area contributed by atoms with Crippen LogP contribution in [-0.4, -0.2) is 5.78 Å². The van der Waals surface area contributed by atoms with Crippen molar-refractivity contribution in [2.45, 2.75) is 33.6 Å². The number of ketones is 1. The lowest BCUT2D eigenvalue weighted by molar-refractivity contribution is -0.122. The molecule has 1 nitrogen and oxygen atoms in total. The van der Waals surface area contributed by atoms with Crippen LogP contribution < -0.4 is 0 Å². The van der Waals surface area contributed by atoms with Crippen LogP contribution in [0.15, 0.2) is 0 Å². The summed E-state index contributed by atoms with van der Waals surface area (Å²) in [5.41, 5.74) is 0.111. The molecule has 0 heterocycles. The molecule has 2 atom stereocenters. The molecule has 0 radical (unpaired) electrons. The number of Topliss-reactive ketones (excluding diaryl/α,β-unsaturated/α-hetero) is 1. The molecule has 0 aromatic heterocycles. The molecule has 0 bridgehead atoms. The second kappa shape index (κ2) is 1.83. The highest BCUT2D eigenvalue weighted by Gasteiger charge is 2.53. The Balaban J connectivity index is 2.62. The standard InChI is InChI=1S/C8H14O/c1-4-8(7(3)9)5-6(8)2/h6H,4-5H2,1-3H3/t6-,8+/m0/s1. The third kappa shape index (κ3) is 0.790. The van der Waals surface area contributed by atoms with Gasteiger partial charge in [-0.25, -0.2) is 0 Å². The summed E-state index contributed by atoms with van der Waals surface area (Å²) in [6.07, 6.45) is 2.16. The van der Waals surface area contributed by atoms with Gasteiger partial charge in [0.25, 0.3) is 0 Å². The van der Waals surface area contributed by atoms with Crippen molar-refractivity contribution >= 4 is 5.78 Å². The van der Waals surface area contributed by atoms with Gasteiger partial charge in [-0.15, -0.1) is 0 Å². The van der Waals surface area contributed by atoms with Gasteiger partial charge < -0.3 is 0 Å². The maximum Gasteiger partial charge on any atom is 0.136 e. The number of hydrogen-bond donors (Lipinski definition) is 0. The number of hydrogen-bond acceptors (Lipinski definition) is 1. The maximum absolute atomic E-state index is 11.0. The monoisotopic (exact) mass is 126 g/mol. The SMILES string of the molecule is CC[C@@]1(C(C)=O)C[C@@H]1C. The number of carbonyl (C=O) groups excluding carboxylic acids is 1. The van der Waals surface area contributed by atoms with E-state index in [1.54, 1.807) is 6.92 Å². The molecule has 1 aliphatic carbocycles. The van der Waals surface area contributed by atoms with Crippen molar-refractivity contribution in [3.63, 3.8) is 0 Å². The predicted octanol–water partition coefficient (Wildman–Crippen LogP) is 2.01. The van der Waals surface area contributed by atoms with Gasteiger partial charge in [-0.2, -0.15) is 0 Å². The molecule has 0 unspecified atom stereocenters. The van der Waals surface area contributed by atoms with Crippen molar-refractivity contribution in [3.05, 3.63) is 0 Å². The van der Waals surface area contributed by atoms with Crippen molar-refractivity contribution in [1.29, 1.82) is 0 Å². The minimum atomic E-state index is 0.111. The Morgan fingerprint density at radius 1 is 1.78 bits per heavy atom. The molecular formula is C8H14O. The van der Waals surface area contributed by atoms with Gasteiger partial charge in [0.15, 0.2) is 0 Å². The molecule has 1 aliphatic rings. The van der Waals surface area contributed by atoms with Gasteiger partial charge in [0.05, 0.1) is 0 Å². The Bertz CT molecular complexity index is 136. The summed E-state index contributed by atoms with van der Waals surface area (Å²) in [7, 11) is 0. The fourth-order valence-corrected chi connectivity index (χ4v) is 1.72. The highest BCUT2D eigenvalue weighted by atomic mass is 16.1. The smallest absolute Gasteiger partial charge is 0.136 e. The maximum atomic E-state index is 11.0. The van der Waals surface area contributed by atoms with Gasteiger partial charge in [0.1, 0.15) is 5.78 Å². The quantitative estimate of drug-likeness (QED) is 0.553. The summed E-state index contributed by atoms with van der Waals surface area (Å²) >= 11 is 0. The fourth-order valence-electron chi connectivity index (χ4n) is 1.72. The van der Waals surface area contributed by atoms with E-state index in [9.17, 15) is 4.79 Å². The van der Waals surface area contributed by atoms with Crippen molar-refractivity contribution in [1.82, 2.24) is 0 Å². The first-order chi connectivity index (χ1) is 4.13. The minimum absolute atomic E-state index is 0.111. The van der Waals surface area contributed by atoms with E-state index in [0.29, 0.717) is 11.7 Å². The molecule has 0 spiro atoms. The summed E-state index contributed by atoms with van der Waals surface area (Å²) in [5.74, 6) is 1.04. The molecular weight excluding hydrogens is 112 g/mol. The van der Waals surface area contributed by atoms with Crippen LogP contribution in [0.2, 0.25) is 0 Å². The first kappa shape index (κ1) is 6.79. The van der Waals surface area contributed by atoms with Crippen molar-refractivity contribution in [2.24, 2.45) is 11.3 Å². The second-order valence-electron chi connectivity index (χ2n) is 3.17. The molecule has 0 aromatic rings. The lowest BCUT2D eigenvalue weighted by Gasteiger charge is -2.06. The summed E-state index contributed by atoms with van der Waals surface area (Å²) in [5, 5.41) is 0. The predicted molar refractivity (Wildman–Crippen MR) is 37.2 cm³/mol. The van der Waals surface area contributed by atoms with E-state index in [0.717, 1.165) is 12.8 Å². The highest BCUT2D eigenvalue weighted by molar-refractivity contribution is 5.85. The van der Waals surface area contributed by atoms with Crippen LogP contribution in [0.1, 0.15) is 33.6 Å². The van der Waals surface area contributed by atoms with Crippen molar-refractivity contribution in [2.75, 3.05) is 0 Å². The Morgan fingerprint density at radius 2 is 2.22 bits per heavy atom. The molecule has 1 fully saturated rings. The van der Waals surface area contributed by atoms with Crippen LogP contribution in [0, 0.1) is 11.3 Å². The van der Waals surface area contributed by atoms with Gasteiger partial charge >= 0.3 is 0 Å². The van der Waals surface area contributed by atoms with Gasteiger partial charge in [-0.3, -0.25) is 4.79 Å². The molecule has 9 heavy (non-hydrogen) atoms. The lowest BCUT2D eigenvalue weighted by Crippen LogP contribution is -2.12. The largest absolute Gasteiger partial charge is 0.299 e. The first-order valence-electron chi connectivity index (χ1n) is 3.64. The van der Waals surface area contributed by atoms with Gasteiger partial charge in [-0.1, -0.05) is 13.8 Å². The topological polar surface area (TPSA) is 17.1 Å². The zero-order valence-electron chi connectivity index (χ0n) is 6.40. The molecule has 1 rings (SSSR count). The third-order valence-corrected chi connectivity index (χ3v) is 2.79. The van der Waals surface area contributed by atoms with E-state index < -0.39 is 0 Å². The Kier molecular flexibility index (Phi) is 1.38. The first-order valence-corrected chi connectivity index (χ1v) is 3.64. The van der Waals surface area contributed by atoms with Gasteiger partial charge in [0, 0.05) is 5.41 Å². The second-order valence-corrected chi connectivity index (χ2v) is 3.17. The highest BCUT2D eigenvalue weighted by Crippen LogP contribution is 2.55. The average molecular weight is 126 g/mol. The Hall–Kier alpha value is -0.330. The average Bonchev–Trinajstić information content (AvgIpc) is 2.43. The number of rotatable bonds is 2. The van der Waals surface area contributed by atoms with Crippen LogP contribution >= 0.6 is 0 Å². The van der Waals surface area contributed by atoms with Crippen molar-refractivity contribution < 1.29 is 4.79 Å². The molecule has 0 aliphatic heterocycles. The Labute approximate surface area is 56.4 Å². The van der Waals surface area contributed by atoms with E-state index in [2.05, 4.69) is 13.8 Å². The Morgan fingerprint density at radius 3 is 2.22 bits per heavy atom. The summed E-state index contributed by atoms with van der Waals surface area (Å²) < 4.78 is 0. The summed E-state index contributed by atoms with van der Waals surface area (Å²) in [4.78, 5) is 11.0. The fraction of sp³-hybridized carbons (Fsp3) is 0.875. The van der Waals surface area contributed by atoms with Crippen LogP contribution in [0.4, 0.5) is 0 Å². The van der Waals surface area contributed by atoms with Crippen molar-refractivity contribution in [3.8, 4) is 0 Å². The van der Waals surface area contributed by atoms with Gasteiger partial charge in [-0.05, 0) is 25.7 Å².